The minimum Gasteiger partial charge on any atom is -0.488 e. The number of carboxylic acid groups (broad SMARTS) is 1. The van der Waals surface area contributed by atoms with Gasteiger partial charge < -0.3 is 25.2 Å². The SMILES string of the molecule is C[C@@H]1CN([C@@H](C)CO)C(=O)Cc2cc(NC(=O)c3ccncc3)ccc2O[C@H]1CN(C)Cc1ccc(C(=O)O)cc1. The molecule has 41 heavy (non-hydrogen) atoms. The third-order valence-corrected chi connectivity index (χ3v) is 7.26. The predicted molar refractivity (Wildman–Crippen MR) is 154 cm³/mol. The Balaban J connectivity index is 1.57. The van der Waals surface area contributed by atoms with Crippen LogP contribution in [0.25, 0.3) is 0 Å². The maximum absolute atomic E-state index is 13.4. The zero-order valence-corrected chi connectivity index (χ0v) is 23.5. The highest BCUT2D eigenvalue weighted by Gasteiger charge is 2.31. The maximum atomic E-state index is 13.4. The van der Waals surface area contributed by atoms with Crippen molar-refractivity contribution in [2.45, 2.75) is 39.0 Å². The Morgan fingerprint density at radius 1 is 1.12 bits per heavy atom. The van der Waals surface area contributed by atoms with Gasteiger partial charge in [-0.1, -0.05) is 19.1 Å². The smallest absolute Gasteiger partial charge is 0.335 e. The molecule has 3 aromatic rings. The van der Waals surface area contributed by atoms with Crippen molar-refractivity contribution in [1.29, 1.82) is 0 Å². The number of carbonyl (C=O) groups is 3. The first-order valence-corrected chi connectivity index (χ1v) is 13.6. The largest absolute Gasteiger partial charge is 0.488 e. The molecule has 1 aromatic heterocycles. The van der Waals surface area contributed by atoms with Crippen molar-refractivity contribution in [2.24, 2.45) is 5.92 Å². The Morgan fingerprint density at radius 3 is 2.49 bits per heavy atom. The fourth-order valence-electron chi connectivity index (χ4n) is 4.87. The van der Waals surface area contributed by atoms with Crippen molar-refractivity contribution in [3.8, 4) is 5.75 Å². The molecule has 1 aliphatic heterocycles. The number of likely N-dealkylation sites (N-methyl/N-ethyl adjacent to an activating group) is 1. The molecule has 2 aromatic carbocycles. The van der Waals surface area contributed by atoms with E-state index in [9.17, 15) is 24.6 Å². The van der Waals surface area contributed by atoms with Crippen LogP contribution >= 0.6 is 0 Å². The molecule has 1 aliphatic rings. The van der Waals surface area contributed by atoms with E-state index < -0.39 is 5.97 Å². The normalized spacial score (nSPS) is 18.0. The van der Waals surface area contributed by atoms with Gasteiger partial charge in [0.25, 0.3) is 5.91 Å². The van der Waals surface area contributed by atoms with Gasteiger partial charge in [0.05, 0.1) is 24.6 Å². The van der Waals surface area contributed by atoms with E-state index in [0.29, 0.717) is 42.2 Å². The number of aromatic carboxylic acids is 1. The lowest BCUT2D eigenvalue weighted by Gasteiger charge is -2.34. The van der Waals surface area contributed by atoms with Gasteiger partial charge in [-0.15, -0.1) is 0 Å². The molecule has 0 saturated carbocycles. The van der Waals surface area contributed by atoms with Gasteiger partial charge in [0, 0.05) is 54.8 Å². The van der Waals surface area contributed by atoms with E-state index in [1.54, 1.807) is 71.9 Å². The quantitative estimate of drug-likeness (QED) is 0.363. The molecule has 3 N–H and O–H groups in total. The number of anilines is 1. The van der Waals surface area contributed by atoms with Gasteiger partial charge in [0.1, 0.15) is 11.9 Å². The van der Waals surface area contributed by atoms with Gasteiger partial charge in [-0.2, -0.15) is 0 Å². The van der Waals surface area contributed by atoms with Crippen molar-refractivity contribution in [1.82, 2.24) is 14.8 Å². The molecular weight excluding hydrogens is 524 g/mol. The van der Waals surface area contributed by atoms with Crippen LogP contribution in [0, 0.1) is 5.92 Å². The molecule has 4 rings (SSSR count). The van der Waals surface area contributed by atoms with Crippen molar-refractivity contribution in [3.05, 3.63) is 89.2 Å². The summed E-state index contributed by atoms with van der Waals surface area (Å²) in [6.07, 6.45) is 2.86. The summed E-state index contributed by atoms with van der Waals surface area (Å²) in [6, 6.07) is 14.9. The zero-order chi connectivity index (χ0) is 29.5. The Labute approximate surface area is 239 Å². The molecule has 2 amide bonds. The van der Waals surface area contributed by atoms with Crippen LogP contribution in [0.1, 0.15) is 45.7 Å². The first-order valence-electron chi connectivity index (χ1n) is 13.6. The topological polar surface area (TPSA) is 132 Å². The Kier molecular flexibility index (Phi) is 9.69. The first kappa shape index (κ1) is 29.7. The molecule has 0 fully saturated rings. The number of amides is 2. The molecule has 0 unspecified atom stereocenters. The Hall–Kier alpha value is -4.28. The number of rotatable bonds is 9. The summed E-state index contributed by atoms with van der Waals surface area (Å²) < 4.78 is 6.56. The molecule has 3 atom stereocenters. The second-order valence-electron chi connectivity index (χ2n) is 10.6. The van der Waals surface area contributed by atoms with E-state index in [0.717, 1.165) is 5.56 Å². The minimum absolute atomic E-state index is 0.0594. The third kappa shape index (κ3) is 7.68. The molecule has 0 radical (unpaired) electrons. The Bertz CT molecular complexity index is 1360. The summed E-state index contributed by atoms with van der Waals surface area (Å²) in [5.74, 6) is -0.889. The summed E-state index contributed by atoms with van der Waals surface area (Å²) in [7, 11) is 1.96. The fraction of sp³-hybridized carbons (Fsp3) is 0.355. The van der Waals surface area contributed by atoms with E-state index >= 15 is 0 Å². The van der Waals surface area contributed by atoms with Crippen LogP contribution < -0.4 is 10.1 Å². The Morgan fingerprint density at radius 2 is 1.83 bits per heavy atom. The van der Waals surface area contributed by atoms with Crippen molar-refractivity contribution in [2.75, 3.05) is 32.1 Å². The van der Waals surface area contributed by atoms with Crippen molar-refractivity contribution >= 4 is 23.5 Å². The summed E-state index contributed by atoms with van der Waals surface area (Å²) in [4.78, 5) is 45.1. The third-order valence-electron chi connectivity index (χ3n) is 7.26. The summed E-state index contributed by atoms with van der Waals surface area (Å²) in [5, 5.41) is 21.9. The highest BCUT2D eigenvalue weighted by atomic mass is 16.5. The van der Waals surface area contributed by atoms with Gasteiger partial charge in [-0.25, -0.2) is 4.79 Å². The van der Waals surface area contributed by atoms with E-state index in [2.05, 4.69) is 15.2 Å². The molecular formula is C31H36N4O6. The van der Waals surface area contributed by atoms with Crippen LogP contribution in [0.3, 0.4) is 0 Å². The zero-order valence-electron chi connectivity index (χ0n) is 23.5. The van der Waals surface area contributed by atoms with Gasteiger partial charge >= 0.3 is 5.97 Å². The van der Waals surface area contributed by atoms with Crippen LogP contribution in [0.2, 0.25) is 0 Å². The molecule has 0 spiro atoms. The van der Waals surface area contributed by atoms with Crippen LogP contribution in [0.4, 0.5) is 5.69 Å². The van der Waals surface area contributed by atoms with E-state index in [-0.39, 0.29) is 48.5 Å². The van der Waals surface area contributed by atoms with Crippen LogP contribution in [0.15, 0.2) is 67.0 Å². The van der Waals surface area contributed by atoms with E-state index in [1.165, 1.54) is 0 Å². The number of aliphatic hydroxyl groups excluding tert-OH is 1. The number of aliphatic hydroxyl groups is 1. The van der Waals surface area contributed by atoms with Gasteiger partial charge in [0.15, 0.2) is 0 Å². The predicted octanol–water partition coefficient (Wildman–Crippen LogP) is 3.31. The number of nitrogens with one attached hydrogen (secondary N) is 1. The molecule has 10 heteroatoms. The lowest BCUT2D eigenvalue weighted by Crippen LogP contribution is -2.47. The monoisotopic (exact) mass is 560 g/mol. The lowest BCUT2D eigenvalue weighted by atomic mass is 10.0. The number of aromatic nitrogens is 1. The van der Waals surface area contributed by atoms with Gasteiger partial charge in [-0.3, -0.25) is 19.5 Å². The molecule has 0 saturated heterocycles. The number of hydrogen-bond acceptors (Lipinski definition) is 7. The molecule has 0 aliphatic carbocycles. The van der Waals surface area contributed by atoms with Crippen LogP contribution in [-0.2, 0) is 17.8 Å². The number of benzene rings is 2. The standard InChI is InChI=1S/C31H36N4O6/c1-20-16-35(21(2)19-36)29(37)15-25-14-26(33-30(38)23-10-12-32-13-11-23)8-9-27(25)41-28(20)18-34(3)17-22-4-6-24(7-5-22)31(39)40/h4-14,20-21,28,36H,15-19H2,1-3H3,(H,33,38)(H,39,40)/t20-,21+,28+/m1/s1. The van der Waals surface area contributed by atoms with E-state index in [4.69, 9.17) is 4.74 Å². The molecule has 216 valence electrons. The average molecular weight is 561 g/mol. The second-order valence-corrected chi connectivity index (χ2v) is 10.6. The minimum atomic E-state index is -0.965. The summed E-state index contributed by atoms with van der Waals surface area (Å²) in [5.41, 5.74) is 2.85. The number of carbonyl (C=O) groups excluding carboxylic acids is 2. The molecule has 2 heterocycles. The first-order chi connectivity index (χ1) is 19.6. The summed E-state index contributed by atoms with van der Waals surface area (Å²) >= 11 is 0. The van der Waals surface area contributed by atoms with Gasteiger partial charge in [-0.05, 0) is 62.0 Å². The number of pyridine rings is 1. The molecule has 0 bridgehead atoms. The number of nitrogens with zero attached hydrogens (tertiary/aromatic N) is 3. The highest BCUT2D eigenvalue weighted by molar-refractivity contribution is 6.04. The lowest BCUT2D eigenvalue weighted by molar-refractivity contribution is -0.134. The van der Waals surface area contributed by atoms with Crippen molar-refractivity contribution in [3.63, 3.8) is 0 Å². The number of ether oxygens (including phenoxy) is 1. The second kappa shape index (κ2) is 13.4. The average Bonchev–Trinajstić information content (AvgIpc) is 3.00. The number of fused-ring (bicyclic) bond motifs is 1. The number of carboxylic acids is 1. The molecule has 10 nitrogen and oxygen atoms in total. The number of hydrogen-bond donors (Lipinski definition) is 3. The van der Waals surface area contributed by atoms with Crippen LogP contribution in [0.5, 0.6) is 5.75 Å². The van der Waals surface area contributed by atoms with E-state index in [1.807, 2.05) is 20.9 Å². The summed E-state index contributed by atoms with van der Waals surface area (Å²) in [6.45, 7) is 5.21. The van der Waals surface area contributed by atoms with Gasteiger partial charge in [0.2, 0.25) is 5.91 Å². The van der Waals surface area contributed by atoms with Crippen LogP contribution in [-0.4, -0.2) is 81.7 Å². The fourth-order valence-corrected chi connectivity index (χ4v) is 4.87. The highest BCUT2D eigenvalue weighted by Crippen LogP contribution is 2.29. The maximum Gasteiger partial charge on any atom is 0.335 e. The van der Waals surface area contributed by atoms with Crippen molar-refractivity contribution < 1.29 is 29.3 Å².